The van der Waals surface area contributed by atoms with Crippen LogP contribution in [0.4, 0.5) is 0 Å². The fraction of sp³-hybridized carbons (Fsp3) is 0.706. The zero-order chi connectivity index (χ0) is 20.9. The number of nitrogens with zero attached hydrogens (tertiary/aromatic N) is 4. The Morgan fingerprint density at radius 3 is 2.62 bits per heavy atom. The van der Waals surface area contributed by atoms with Crippen molar-refractivity contribution in [3.8, 4) is 0 Å². The van der Waals surface area contributed by atoms with Crippen molar-refractivity contribution in [2.75, 3.05) is 20.3 Å². The second-order valence-corrected chi connectivity index (χ2v) is 6.58. The number of guanidine groups is 1. The molecule has 0 bridgehead atoms. The molecule has 0 aromatic carbocycles. The van der Waals surface area contributed by atoms with E-state index in [4.69, 9.17) is 21.9 Å². The van der Waals surface area contributed by atoms with Gasteiger partial charge in [-0.3, -0.25) is 14.6 Å². The normalized spacial score (nSPS) is 12.5. The van der Waals surface area contributed by atoms with E-state index in [1.54, 1.807) is 18.0 Å². The number of rotatable bonds is 14. The smallest absolute Gasteiger partial charge is 0.237 e. The summed E-state index contributed by atoms with van der Waals surface area (Å²) in [7, 11) is 1.65. The number of hydrogen-bond donors (Lipinski definition) is 4. The Bertz CT molecular complexity index is 648. The van der Waals surface area contributed by atoms with Gasteiger partial charge < -0.3 is 27.3 Å². The zero-order valence-corrected chi connectivity index (χ0v) is 17.9. The highest BCUT2D eigenvalue weighted by molar-refractivity contribution is 5.85. The molecule has 2 atom stereocenters. The van der Waals surface area contributed by atoms with E-state index in [2.05, 4.69) is 20.6 Å². The first-order chi connectivity index (χ1) is 13.3. The second kappa shape index (κ2) is 14.7. The number of ether oxygens (including phenoxy) is 1. The average Bonchev–Trinajstić information content (AvgIpc) is 3.11. The molecule has 12 heteroatoms. The lowest BCUT2D eigenvalue weighted by Crippen LogP contribution is -2.40. The molecule has 1 aromatic rings. The monoisotopic (exact) mass is 432 g/mol. The Morgan fingerprint density at radius 2 is 2.00 bits per heavy atom. The summed E-state index contributed by atoms with van der Waals surface area (Å²) in [6, 6.07) is -1.03. The van der Waals surface area contributed by atoms with E-state index in [-0.39, 0.29) is 42.6 Å². The van der Waals surface area contributed by atoms with Gasteiger partial charge in [0.25, 0.3) is 0 Å². The molecule has 1 aromatic heterocycles. The minimum atomic E-state index is -0.657. The highest BCUT2D eigenvalue weighted by Gasteiger charge is 2.19. The fourth-order valence-corrected chi connectivity index (χ4v) is 2.61. The lowest BCUT2D eigenvalue weighted by Gasteiger charge is -2.13. The zero-order valence-electron chi connectivity index (χ0n) is 17.0. The third kappa shape index (κ3) is 10.8. The number of aliphatic imine (C=N–C) groups is 1. The third-order valence-corrected chi connectivity index (χ3v) is 4.17. The van der Waals surface area contributed by atoms with Crippen molar-refractivity contribution >= 4 is 30.1 Å². The standard InChI is InChI=1S/C17H32N8O3.ClH/c1-12(26)15(7-3-4-9-28-2)25-11-13(23-24-25)10-22-16(27)14(18)6-5-8-21-17(19)20;/h11,14-15H,3-10,18H2,1-2H3,(H,22,27)(H4,19,20,21);1H. The Labute approximate surface area is 177 Å². The molecule has 166 valence electrons. The van der Waals surface area contributed by atoms with E-state index in [0.29, 0.717) is 38.1 Å². The molecule has 0 saturated carbocycles. The number of nitrogens with one attached hydrogen (secondary N) is 1. The highest BCUT2D eigenvalue weighted by atomic mass is 35.5. The van der Waals surface area contributed by atoms with Crippen molar-refractivity contribution in [3.63, 3.8) is 0 Å². The summed E-state index contributed by atoms with van der Waals surface area (Å²) in [6.07, 6.45) is 5.12. The van der Waals surface area contributed by atoms with Crippen LogP contribution in [0.3, 0.4) is 0 Å². The molecule has 1 amide bonds. The van der Waals surface area contributed by atoms with Crippen LogP contribution in [0.2, 0.25) is 0 Å². The summed E-state index contributed by atoms with van der Waals surface area (Å²) in [6.45, 7) is 2.81. The minimum Gasteiger partial charge on any atom is -0.385 e. The van der Waals surface area contributed by atoms with Gasteiger partial charge in [-0.05, 0) is 39.0 Å². The van der Waals surface area contributed by atoms with E-state index in [1.807, 2.05) is 0 Å². The molecule has 11 nitrogen and oxygen atoms in total. The van der Waals surface area contributed by atoms with Gasteiger partial charge in [0, 0.05) is 20.3 Å². The summed E-state index contributed by atoms with van der Waals surface area (Å²) in [5.74, 6) is -0.258. The maximum absolute atomic E-state index is 12.1. The van der Waals surface area contributed by atoms with Gasteiger partial charge in [0.15, 0.2) is 11.7 Å². The summed E-state index contributed by atoms with van der Waals surface area (Å²) in [4.78, 5) is 27.8. The minimum absolute atomic E-state index is 0. The molecule has 0 spiro atoms. The SMILES string of the molecule is COCCCCC(C(C)=O)n1cc(CNC(=O)C(N)CCCN=C(N)N)nn1.Cl. The molecular formula is C17H33ClN8O3. The number of carbonyl (C=O) groups is 2. The predicted octanol–water partition coefficient (Wildman–Crippen LogP) is -0.356. The number of ketones is 1. The second-order valence-electron chi connectivity index (χ2n) is 6.58. The summed E-state index contributed by atoms with van der Waals surface area (Å²) >= 11 is 0. The Morgan fingerprint density at radius 1 is 1.28 bits per heavy atom. The molecule has 0 fully saturated rings. The summed E-state index contributed by atoms with van der Waals surface area (Å²) in [5.41, 5.74) is 16.9. The molecule has 29 heavy (non-hydrogen) atoms. The summed E-state index contributed by atoms with van der Waals surface area (Å²) < 4.78 is 6.57. The fourth-order valence-electron chi connectivity index (χ4n) is 2.61. The number of carbonyl (C=O) groups excluding carboxylic acids is 2. The highest BCUT2D eigenvalue weighted by Crippen LogP contribution is 2.15. The molecular weight excluding hydrogens is 400 g/mol. The molecule has 2 unspecified atom stereocenters. The van der Waals surface area contributed by atoms with E-state index < -0.39 is 6.04 Å². The maximum atomic E-state index is 12.1. The van der Waals surface area contributed by atoms with Gasteiger partial charge in [0.1, 0.15) is 11.7 Å². The van der Waals surface area contributed by atoms with Crippen molar-refractivity contribution in [1.82, 2.24) is 20.3 Å². The van der Waals surface area contributed by atoms with Crippen molar-refractivity contribution < 1.29 is 14.3 Å². The van der Waals surface area contributed by atoms with Crippen LogP contribution in [-0.4, -0.2) is 58.9 Å². The molecule has 0 aliphatic rings. The average molecular weight is 433 g/mol. The number of halogens is 1. The van der Waals surface area contributed by atoms with E-state index in [9.17, 15) is 9.59 Å². The van der Waals surface area contributed by atoms with Crippen LogP contribution in [0.25, 0.3) is 0 Å². The van der Waals surface area contributed by atoms with Crippen molar-refractivity contribution in [3.05, 3.63) is 11.9 Å². The number of aromatic nitrogens is 3. The maximum Gasteiger partial charge on any atom is 0.237 e. The number of nitrogens with two attached hydrogens (primary N) is 3. The van der Waals surface area contributed by atoms with E-state index in [0.717, 1.165) is 12.8 Å². The van der Waals surface area contributed by atoms with E-state index >= 15 is 0 Å². The van der Waals surface area contributed by atoms with Crippen LogP contribution in [0, 0.1) is 0 Å². The molecule has 0 aliphatic carbocycles. The topological polar surface area (TPSA) is 177 Å². The number of methoxy groups -OCH3 is 1. The third-order valence-electron chi connectivity index (χ3n) is 4.17. The molecule has 1 rings (SSSR count). The number of amides is 1. The van der Waals surface area contributed by atoms with Gasteiger partial charge in [-0.15, -0.1) is 17.5 Å². The van der Waals surface area contributed by atoms with Crippen molar-refractivity contribution in [2.45, 2.75) is 57.7 Å². The molecule has 0 aliphatic heterocycles. The molecule has 0 radical (unpaired) electrons. The number of unbranched alkanes of at least 4 members (excludes halogenated alkanes) is 1. The van der Waals surface area contributed by atoms with Gasteiger partial charge >= 0.3 is 0 Å². The van der Waals surface area contributed by atoms with Crippen LogP contribution in [0.15, 0.2) is 11.2 Å². The molecule has 7 N–H and O–H groups in total. The molecule has 1 heterocycles. The number of hydrogen-bond acceptors (Lipinski definition) is 7. The quantitative estimate of drug-likeness (QED) is 0.175. The van der Waals surface area contributed by atoms with Crippen molar-refractivity contribution in [1.29, 1.82) is 0 Å². The van der Waals surface area contributed by atoms with Gasteiger partial charge in [-0.2, -0.15) is 0 Å². The van der Waals surface area contributed by atoms with Gasteiger partial charge in [0.2, 0.25) is 5.91 Å². The largest absolute Gasteiger partial charge is 0.385 e. The van der Waals surface area contributed by atoms with Crippen LogP contribution >= 0.6 is 12.4 Å². The Kier molecular flexibility index (Phi) is 13.6. The number of Topliss-reactive ketones (excluding diaryl/α,β-unsaturated/α-hetero) is 1. The summed E-state index contributed by atoms with van der Waals surface area (Å²) in [5, 5.41) is 10.8. The van der Waals surface area contributed by atoms with Gasteiger partial charge in [-0.1, -0.05) is 5.21 Å². The van der Waals surface area contributed by atoms with Crippen LogP contribution in [0.1, 0.15) is 50.8 Å². The lowest BCUT2D eigenvalue weighted by molar-refractivity contribution is -0.123. The van der Waals surface area contributed by atoms with E-state index in [1.165, 1.54) is 6.92 Å². The predicted molar refractivity (Wildman–Crippen MR) is 112 cm³/mol. The van der Waals surface area contributed by atoms with Gasteiger partial charge in [0.05, 0.1) is 18.8 Å². The molecule has 0 saturated heterocycles. The first kappa shape index (κ1) is 26.8. The van der Waals surface area contributed by atoms with Crippen LogP contribution < -0.4 is 22.5 Å². The van der Waals surface area contributed by atoms with Gasteiger partial charge in [-0.25, -0.2) is 4.68 Å². The van der Waals surface area contributed by atoms with Crippen LogP contribution in [-0.2, 0) is 20.9 Å². The first-order valence-electron chi connectivity index (χ1n) is 9.34. The Balaban J connectivity index is 0.00000784. The lowest BCUT2D eigenvalue weighted by atomic mass is 10.1. The van der Waals surface area contributed by atoms with Crippen LogP contribution in [0.5, 0.6) is 0 Å². The Hall–Kier alpha value is -2.24. The van der Waals surface area contributed by atoms with Crippen molar-refractivity contribution in [2.24, 2.45) is 22.2 Å². The first-order valence-corrected chi connectivity index (χ1v) is 9.34.